The van der Waals surface area contributed by atoms with Gasteiger partial charge in [-0.25, -0.2) is 0 Å². The second-order valence-corrected chi connectivity index (χ2v) is 4.34. The summed E-state index contributed by atoms with van der Waals surface area (Å²) in [4.78, 5) is 0. The molecule has 0 fully saturated rings. The van der Waals surface area contributed by atoms with Crippen molar-refractivity contribution in [2.24, 2.45) is 0 Å². The molecule has 0 saturated heterocycles. The van der Waals surface area contributed by atoms with Crippen LogP contribution in [-0.2, 0) is 6.42 Å². The average molecular weight is 293 g/mol. The monoisotopic (exact) mass is 291 g/mol. The largest absolute Gasteiger partial charge is 0.399 e. The van der Waals surface area contributed by atoms with Gasteiger partial charge >= 0.3 is 0 Å². The molecule has 0 aliphatic carbocycles. The lowest BCUT2D eigenvalue weighted by atomic mass is 10.1. The number of aryl methyl sites for hydroxylation is 1. The van der Waals surface area contributed by atoms with Crippen molar-refractivity contribution in [2.45, 2.75) is 12.8 Å². The zero-order valence-electron chi connectivity index (χ0n) is 6.69. The molecule has 0 amide bonds. The van der Waals surface area contributed by atoms with Crippen molar-refractivity contribution in [1.29, 1.82) is 0 Å². The highest BCUT2D eigenvalue weighted by Gasteiger charge is 1.98. The number of hydrogen-bond donors (Lipinski definition) is 1. The van der Waals surface area contributed by atoms with Crippen molar-refractivity contribution in [2.75, 3.05) is 11.1 Å². The quantitative estimate of drug-likeness (QED) is 0.671. The Labute approximate surface area is 89.6 Å². The Morgan fingerprint density at radius 1 is 1.33 bits per heavy atom. The maximum absolute atomic E-state index is 5.79. The van der Waals surface area contributed by atoms with Crippen molar-refractivity contribution in [3.63, 3.8) is 0 Å². The van der Waals surface area contributed by atoms with Gasteiger partial charge in [-0.1, -0.05) is 31.9 Å². The van der Waals surface area contributed by atoms with Crippen LogP contribution < -0.4 is 5.73 Å². The number of hydrogen-bond acceptors (Lipinski definition) is 1. The van der Waals surface area contributed by atoms with E-state index in [1.165, 1.54) is 5.56 Å². The van der Waals surface area contributed by atoms with E-state index in [-0.39, 0.29) is 0 Å². The number of halogens is 2. The van der Waals surface area contributed by atoms with Gasteiger partial charge in [-0.2, -0.15) is 0 Å². The lowest BCUT2D eigenvalue weighted by Crippen LogP contribution is -1.94. The average Bonchev–Trinajstić information content (AvgIpc) is 2.07. The van der Waals surface area contributed by atoms with E-state index in [0.29, 0.717) is 0 Å². The van der Waals surface area contributed by atoms with Gasteiger partial charge in [-0.15, -0.1) is 0 Å². The van der Waals surface area contributed by atoms with Gasteiger partial charge in [0.2, 0.25) is 0 Å². The smallest absolute Gasteiger partial charge is 0.0347 e. The Kier molecular flexibility index (Phi) is 4.09. The van der Waals surface area contributed by atoms with Crippen molar-refractivity contribution in [3.8, 4) is 0 Å². The van der Waals surface area contributed by atoms with Crippen molar-refractivity contribution in [1.82, 2.24) is 0 Å². The first kappa shape index (κ1) is 10.1. The third-order valence-corrected chi connectivity index (χ3v) is 2.74. The first-order valence-electron chi connectivity index (χ1n) is 3.84. The molecule has 1 nitrogen and oxygen atoms in total. The molecule has 0 heterocycles. The molecular formula is C9H11Br2N. The van der Waals surface area contributed by atoms with Gasteiger partial charge in [0.25, 0.3) is 0 Å². The minimum atomic E-state index is 0.888. The van der Waals surface area contributed by atoms with E-state index in [1.807, 2.05) is 12.1 Å². The molecule has 0 aliphatic rings. The SMILES string of the molecule is Nc1ccc(Br)cc1CCCBr. The Balaban J connectivity index is 2.75. The molecular weight excluding hydrogens is 282 g/mol. The fourth-order valence-electron chi connectivity index (χ4n) is 1.05. The number of nitrogen functional groups attached to an aromatic ring is 1. The van der Waals surface area contributed by atoms with Crippen LogP contribution in [-0.4, -0.2) is 5.33 Å². The fraction of sp³-hybridized carbons (Fsp3) is 0.333. The van der Waals surface area contributed by atoms with Gasteiger partial charge in [-0.05, 0) is 36.6 Å². The zero-order valence-corrected chi connectivity index (χ0v) is 9.86. The Hall–Kier alpha value is -0.0200. The third kappa shape index (κ3) is 2.79. The lowest BCUT2D eigenvalue weighted by molar-refractivity contribution is 0.941. The Morgan fingerprint density at radius 2 is 2.08 bits per heavy atom. The molecule has 0 radical (unpaired) electrons. The molecule has 0 atom stereocenters. The van der Waals surface area contributed by atoms with Gasteiger partial charge in [0.15, 0.2) is 0 Å². The van der Waals surface area contributed by atoms with E-state index in [1.54, 1.807) is 0 Å². The molecule has 0 saturated carbocycles. The number of benzene rings is 1. The maximum atomic E-state index is 5.79. The second-order valence-electron chi connectivity index (χ2n) is 2.64. The van der Waals surface area contributed by atoms with Crippen molar-refractivity contribution in [3.05, 3.63) is 28.2 Å². The highest BCUT2D eigenvalue weighted by molar-refractivity contribution is 9.10. The van der Waals surface area contributed by atoms with Crippen LogP contribution in [0.2, 0.25) is 0 Å². The van der Waals surface area contributed by atoms with Crippen LogP contribution in [0.25, 0.3) is 0 Å². The van der Waals surface area contributed by atoms with E-state index in [2.05, 4.69) is 37.9 Å². The molecule has 0 aliphatic heterocycles. The molecule has 0 aromatic heterocycles. The van der Waals surface area contributed by atoms with Gasteiger partial charge in [0.1, 0.15) is 0 Å². The second kappa shape index (κ2) is 4.87. The standard InChI is InChI=1S/C9H11Br2N/c10-5-1-2-7-6-8(11)3-4-9(7)12/h3-4,6H,1-2,5,12H2. The minimum Gasteiger partial charge on any atom is -0.399 e. The van der Waals surface area contributed by atoms with E-state index >= 15 is 0 Å². The first-order valence-corrected chi connectivity index (χ1v) is 5.75. The van der Waals surface area contributed by atoms with Gasteiger partial charge in [0, 0.05) is 15.5 Å². The number of anilines is 1. The molecule has 0 bridgehead atoms. The lowest BCUT2D eigenvalue weighted by Gasteiger charge is -2.04. The van der Waals surface area contributed by atoms with E-state index in [4.69, 9.17) is 5.73 Å². The molecule has 66 valence electrons. The summed E-state index contributed by atoms with van der Waals surface area (Å²) in [7, 11) is 0. The predicted octanol–water partition coefficient (Wildman–Crippen LogP) is 3.36. The van der Waals surface area contributed by atoms with E-state index in [0.717, 1.165) is 28.3 Å². The summed E-state index contributed by atoms with van der Waals surface area (Å²) in [5.41, 5.74) is 7.91. The third-order valence-electron chi connectivity index (χ3n) is 1.68. The summed E-state index contributed by atoms with van der Waals surface area (Å²) in [5.74, 6) is 0. The predicted molar refractivity (Wildman–Crippen MR) is 60.7 cm³/mol. The molecule has 1 aromatic carbocycles. The van der Waals surface area contributed by atoms with Crippen LogP contribution in [0.15, 0.2) is 22.7 Å². The van der Waals surface area contributed by atoms with Gasteiger partial charge in [-0.3, -0.25) is 0 Å². The van der Waals surface area contributed by atoms with Gasteiger partial charge < -0.3 is 5.73 Å². The number of nitrogens with two attached hydrogens (primary N) is 1. The Bertz CT molecular complexity index is 261. The summed E-state index contributed by atoms with van der Waals surface area (Å²) in [6, 6.07) is 5.98. The molecule has 12 heavy (non-hydrogen) atoms. The van der Waals surface area contributed by atoms with Gasteiger partial charge in [0.05, 0.1) is 0 Å². The highest BCUT2D eigenvalue weighted by atomic mass is 79.9. The molecule has 3 heteroatoms. The summed E-state index contributed by atoms with van der Waals surface area (Å²) >= 11 is 6.82. The molecule has 1 rings (SSSR count). The maximum Gasteiger partial charge on any atom is 0.0347 e. The topological polar surface area (TPSA) is 26.0 Å². The van der Waals surface area contributed by atoms with Crippen LogP contribution in [0.4, 0.5) is 5.69 Å². The summed E-state index contributed by atoms with van der Waals surface area (Å²) < 4.78 is 1.10. The van der Waals surface area contributed by atoms with Crippen molar-refractivity contribution >= 4 is 37.5 Å². The Morgan fingerprint density at radius 3 is 2.75 bits per heavy atom. The van der Waals surface area contributed by atoms with E-state index < -0.39 is 0 Å². The summed E-state index contributed by atoms with van der Waals surface area (Å²) in [5, 5.41) is 1.03. The van der Waals surface area contributed by atoms with Crippen LogP contribution in [0, 0.1) is 0 Å². The minimum absolute atomic E-state index is 0.888. The molecule has 0 unspecified atom stereocenters. The zero-order chi connectivity index (χ0) is 8.97. The van der Waals surface area contributed by atoms with Crippen LogP contribution >= 0.6 is 31.9 Å². The highest BCUT2D eigenvalue weighted by Crippen LogP contribution is 2.19. The fourth-order valence-corrected chi connectivity index (χ4v) is 1.74. The first-order chi connectivity index (χ1) is 5.74. The summed E-state index contributed by atoms with van der Waals surface area (Å²) in [6.45, 7) is 0. The van der Waals surface area contributed by atoms with Crippen LogP contribution in [0.1, 0.15) is 12.0 Å². The molecule has 0 spiro atoms. The number of alkyl halides is 1. The van der Waals surface area contributed by atoms with Crippen LogP contribution in [0.3, 0.4) is 0 Å². The van der Waals surface area contributed by atoms with E-state index in [9.17, 15) is 0 Å². The normalized spacial score (nSPS) is 10.2. The molecule has 2 N–H and O–H groups in total. The summed E-state index contributed by atoms with van der Waals surface area (Å²) in [6.07, 6.45) is 2.16. The number of rotatable bonds is 3. The van der Waals surface area contributed by atoms with Crippen molar-refractivity contribution < 1.29 is 0 Å². The van der Waals surface area contributed by atoms with Crippen LogP contribution in [0.5, 0.6) is 0 Å². The molecule has 1 aromatic rings.